The van der Waals surface area contributed by atoms with E-state index in [9.17, 15) is 13.5 Å². The second kappa shape index (κ2) is 7.00. The normalized spacial score (nSPS) is 14.1. The van der Waals surface area contributed by atoms with Crippen LogP contribution in [0.5, 0.6) is 0 Å². The van der Waals surface area contributed by atoms with Gasteiger partial charge in [-0.15, -0.1) is 11.3 Å². The van der Waals surface area contributed by atoms with Crippen LogP contribution in [0.15, 0.2) is 20.1 Å². The SMILES string of the molecule is CCC(CC)[C@H](CO)NS(=O)(=O)c1ccc(Br)s1. The number of hydrogen-bond donors (Lipinski definition) is 2. The highest BCUT2D eigenvalue weighted by atomic mass is 79.9. The molecule has 0 amide bonds. The molecule has 1 atom stereocenters. The number of aliphatic hydroxyl groups is 1. The van der Waals surface area contributed by atoms with Gasteiger partial charge in [0, 0.05) is 6.04 Å². The van der Waals surface area contributed by atoms with Crippen molar-refractivity contribution in [2.45, 2.75) is 36.9 Å². The summed E-state index contributed by atoms with van der Waals surface area (Å²) < 4.78 is 27.9. The molecule has 104 valence electrons. The topological polar surface area (TPSA) is 66.4 Å². The Labute approximate surface area is 121 Å². The summed E-state index contributed by atoms with van der Waals surface area (Å²) in [5.41, 5.74) is 0. The van der Waals surface area contributed by atoms with E-state index in [1.165, 1.54) is 0 Å². The standard InChI is InChI=1S/C11H18BrNO3S2/c1-3-8(4-2)9(7-14)13-18(15,16)11-6-5-10(12)17-11/h5-6,8-9,13-14H,3-4,7H2,1-2H3/t9-/m0/s1. The molecule has 0 aliphatic rings. The van der Waals surface area contributed by atoms with Crippen molar-refractivity contribution in [1.29, 1.82) is 0 Å². The van der Waals surface area contributed by atoms with Crippen molar-refractivity contribution in [1.82, 2.24) is 4.72 Å². The molecule has 1 rings (SSSR count). The molecule has 7 heteroatoms. The van der Waals surface area contributed by atoms with Gasteiger partial charge in [0.15, 0.2) is 0 Å². The van der Waals surface area contributed by atoms with E-state index in [1.807, 2.05) is 13.8 Å². The molecule has 18 heavy (non-hydrogen) atoms. The summed E-state index contributed by atoms with van der Waals surface area (Å²) in [5, 5.41) is 9.34. The first kappa shape index (κ1) is 16.1. The van der Waals surface area contributed by atoms with Gasteiger partial charge in [-0.3, -0.25) is 0 Å². The highest BCUT2D eigenvalue weighted by Crippen LogP contribution is 2.26. The van der Waals surface area contributed by atoms with E-state index in [2.05, 4.69) is 20.7 Å². The van der Waals surface area contributed by atoms with E-state index in [0.29, 0.717) is 0 Å². The largest absolute Gasteiger partial charge is 0.395 e. The molecule has 0 aliphatic heterocycles. The molecule has 4 nitrogen and oxygen atoms in total. The van der Waals surface area contributed by atoms with Crippen LogP contribution in [0, 0.1) is 5.92 Å². The maximum Gasteiger partial charge on any atom is 0.250 e. The molecule has 0 fully saturated rings. The van der Waals surface area contributed by atoms with Crippen LogP contribution in [0.4, 0.5) is 0 Å². The van der Waals surface area contributed by atoms with E-state index in [1.54, 1.807) is 12.1 Å². The third-order valence-electron chi connectivity index (χ3n) is 2.93. The van der Waals surface area contributed by atoms with Crippen LogP contribution >= 0.6 is 27.3 Å². The summed E-state index contributed by atoms with van der Waals surface area (Å²) in [6, 6.07) is 2.83. The van der Waals surface area contributed by atoms with Crippen molar-refractivity contribution in [2.75, 3.05) is 6.61 Å². The third kappa shape index (κ3) is 4.03. The lowest BCUT2D eigenvalue weighted by atomic mass is 9.96. The monoisotopic (exact) mass is 355 g/mol. The second-order valence-corrected chi connectivity index (χ2v) is 8.45. The van der Waals surface area contributed by atoms with Crippen LogP contribution in [0.25, 0.3) is 0 Å². The smallest absolute Gasteiger partial charge is 0.250 e. The lowest BCUT2D eigenvalue weighted by Crippen LogP contribution is -2.42. The quantitative estimate of drug-likeness (QED) is 0.789. The fourth-order valence-electron chi connectivity index (χ4n) is 1.84. The molecule has 2 N–H and O–H groups in total. The second-order valence-electron chi connectivity index (χ2n) is 4.05. The summed E-state index contributed by atoms with van der Waals surface area (Å²) in [5.74, 6) is 0.146. The van der Waals surface area contributed by atoms with Gasteiger partial charge < -0.3 is 5.11 Å². The Balaban J connectivity index is 2.87. The highest BCUT2D eigenvalue weighted by molar-refractivity contribution is 9.11. The number of aliphatic hydroxyl groups excluding tert-OH is 1. The van der Waals surface area contributed by atoms with Crippen LogP contribution in [0.2, 0.25) is 0 Å². The lowest BCUT2D eigenvalue weighted by Gasteiger charge is -2.23. The van der Waals surface area contributed by atoms with E-state index in [-0.39, 0.29) is 16.7 Å². The highest BCUT2D eigenvalue weighted by Gasteiger charge is 2.25. The Morgan fingerprint density at radius 3 is 2.39 bits per heavy atom. The van der Waals surface area contributed by atoms with Gasteiger partial charge in [-0.1, -0.05) is 26.7 Å². The van der Waals surface area contributed by atoms with Gasteiger partial charge in [-0.05, 0) is 34.0 Å². The fourth-order valence-corrected chi connectivity index (χ4v) is 5.16. The number of rotatable bonds is 7. The number of sulfonamides is 1. The molecular weight excluding hydrogens is 338 g/mol. The van der Waals surface area contributed by atoms with Crippen LogP contribution in [0.1, 0.15) is 26.7 Å². The third-order valence-corrected chi connectivity index (χ3v) is 6.54. The summed E-state index contributed by atoms with van der Waals surface area (Å²) in [6.45, 7) is 3.80. The summed E-state index contributed by atoms with van der Waals surface area (Å²) in [7, 11) is -3.54. The minimum Gasteiger partial charge on any atom is -0.395 e. The van der Waals surface area contributed by atoms with Crippen molar-refractivity contribution >= 4 is 37.3 Å². The molecule has 0 radical (unpaired) electrons. The molecule has 0 bridgehead atoms. The molecule has 1 aromatic rings. The Hall–Kier alpha value is 0.0500. The first-order chi connectivity index (χ1) is 8.44. The molecule has 0 unspecified atom stereocenters. The van der Waals surface area contributed by atoms with Crippen molar-refractivity contribution in [2.24, 2.45) is 5.92 Å². The number of halogens is 1. The van der Waals surface area contributed by atoms with Crippen LogP contribution < -0.4 is 4.72 Å². The Kier molecular flexibility index (Phi) is 6.26. The van der Waals surface area contributed by atoms with Gasteiger partial charge in [-0.25, -0.2) is 13.1 Å². The predicted octanol–water partition coefficient (Wildman–Crippen LogP) is 2.59. The van der Waals surface area contributed by atoms with Gasteiger partial charge in [0.1, 0.15) is 4.21 Å². The molecule has 0 saturated carbocycles. The van der Waals surface area contributed by atoms with Crippen molar-refractivity contribution < 1.29 is 13.5 Å². The molecular formula is C11H18BrNO3S2. The number of hydrogen-bond acceptors (Lipinski definition) is 4. The van der Waals surface area contributed by atoms with Gasteiger partial charge in [-0.2, -0.15) is 0 Å². The van der Waals surface area contributed by atoms with Crippen molar-refractivity contribution in [3.05, 3.63) is 15.9 Å². The molecule has 1 aromatic heterocycles. The minimum atomic E-state index is -3.54. The molecule has 0 aromatic carbocycles. The molecule has 0 aliphatic carbocycles. The Morgan fingerprint density at radius 2 is 2.00 bits per heavy atom. The summed E-state index contributed by atoms with van der Waals surface area (Å²) >= 11 is 4.40. The van der Waals surface area contributed by atoms with E-state index in [0.717, 1.165) is 28.0 Å². The number of nitrogens with one attached hydrogen (secondary N) is 1. The van der Waals surface area contributed by atoms with E-state index < -0.39 is 16.1 Å². The molecule has 0 spiro atoms. The summed E-state index contributed by atoms with van der Waals surface area (Å²) in [4.78, 5) is 0. The fraction of sp³-hybridized carbons (Fsp3) is 0.636. The maximum atomic E-state index is 12.1. The van der Waals surface area contributed by atoms with Gasteiger partial charge in [0.25, 0.3) is 0 Å². The zero-order valence-corrected chi connectivity index (χ0v) is 13.6. The zero-order valence-electron chi connectivity index (χ0n) is 10.4. The van der Waals surface area contributed by atoms with Crippen molar-refractivity contribution in [3.8, 4) is 0 Å². The van der Waals surface area contributed by atoms with Crippen LogP contribution in [-0.2, 0) is 10.0 Å². The predicted molar refractivity (Wildman–Crippen MR) is 77.3 cm³/mol. The molecule has 1 heterocycles. The molecule has 0 saturated heterocycles. The maximum absolute atomic E-state index is 12.1. The van der Waals surface area contributed by atoms with Crippen LogP contribution in [0.3, 0.4) is 0 Å². The Bertz CT molecular complexity index is 468. The van der Waals surface area contributed by atoms with E-state index in [4.69, 9.17) is 0 Å². The average molecular weight is 356 g/mol. The van der Waals surface area contributed by atoms with Gasteiger partial charge >= 0.3 is 0 Å². The van der Waals surface area contributed by atoms with E-state index >= 15 is 0 Å². The first-order valence-corrected chi connectivity index (χ1v) is 8.92. The Morgan fingerprint density at radius 1 is 1.39 bits per heavy atom. The zero-order chi connectivity index (χ0) is 13.8. The number of thiophene rings is 1. The van der Waals surface area contributed by atoms with Gasteiger partial charge in [0.05, 0.1) is 10.4 Å². The average Bonchev–Trinajstić information content (AvgIpc) is 2.76. The summed E-state index contributed by atoms with van der Waals surface area (Å²) in [6.07, 6.45) is 1.66. The minimum absolute atomic E-state index is 0.146. The first-order valence-electron chi connectivity index (χ1n) is 5.83. The van der Waals surface area contributed by atoms with Gasteiger partial charge in [0.2, 0.25) is 10.0 Å². The van der Waals surface area contributed by atoms with Crippen LogP contribution in [-0.4, -0.2) is 26.2 Å². The lowest BCUT2D eigenvalue weighted by molar-refractivity contribution is 0.209. The van der Waals surface area contributed by atoms with Crippen molar-refractivity contribution in [3.63, 3.8) is 0 Å².